The third-order valence-electron chi connectivity index (χ3n) is 4.95. The number of hydrogen-bond acceptors (Lipinski definition) is 5. The summed E-state index contributed by atoms with van der Waals surface area (Å²) in [5.41, 5.74) is 2.38. The lowest BCUT2D eigenvalue weighted by Crippen LogP contribution is -2.38. The number of rotatable bonds is 12. The Labute approximate surface area is 207 Å². The summed E-state index contributed by atoms with van der Waals surface area (Å²) in [4.78, 5) is 9.42. The van der Waals surface area contributed by atoms with E-state index in [1.165, 1.54) is 10.6 Å². The van der Waals surface area contributed by atoms with Gasteiger partial charge in [-0.15, -0.1) is 35.3 Å². The van der Waals surface area contributed by atoms with E-state index in [0.717, 1.165) is 76.9 Å². The van der Waals surface area contributed by atoms with Gasteiger partial charge in [-0.1, -0.05) is 30.3 Å². The van der Waals surface area contributed by atoms with E-state index < -0.39 is 0 Å². The zero-order valence-corrected chi connectivity index (χ0v) is 21.5. The molecule has 6 nitrogen and oxygen atoms in total. The summed E-state index contributed by atoms with van der Waals surface area (Å²) in [6, 6.07) is 10.6. The fourth-order valence-corrected chi connectivity index (χ4v) is 4.07. The summed E-state index contributed by atoms with van der Waals surface area (Å²) < 4.78 is 11.1. The smallest absolute Gasteiger partial charge is 0.191 e. The Kier molecular flexibility index (Phi) is 13.1. The van der Waals surface area contributed by atoms with Crippen molar-refractivity contribution in [1.29, 1.82) is 0 Å². The van der Waals surface area contributed by atoms with Crippen LogP contribution >= 0.6 is 35.3 Å². The first-order valence-corrected chi connectivity index (χ1v) is 11.9. The van der Waals surface area contributed by atoms with Gasteiger partial charge in [0.1, 0.15) is 0 Å². The topological polar surface area (TPSA) is 67.8 Å². The normalized spacial score (nSPS) is 16.2. The van der Waals surface area contributed by atoms with Gasteiger partial charge < -0.3 is 20.1 Å². The predicted molar refractivity (Wildman–Crippen MR) is 139 cm³/mol. The van der Waals surface area contributed by atoms with E-state index >= 15 is 0 Å². The number of aromatic nitrogens is 1. The maximum absolute atomic E-state index is 5.76. The molecule has 31 heavy (non-hydrogen) atoms. The van der Waals surface area contributed by atoms with Crippen molar-refractivity contribution in [1.82, 2.24) is 15.6 Å². The van der Waals surface area contributed by atoms with Gasteiger partial charge >= 0.3 is 0 Å². The Morgan fingerprint density at radius 1 is 1.26 bits per heavy atom. The zero-order chi connectivity index (χ0) is 20.9. The molecule has 172 valence electrons. The van der Waals surface area contributed by atoms with E-state index in [1.807, 2.05) is 0 Å². The van der Waals surface area contributed by atoms with Gasteiger partial charge in [-0.05, 0) is 31.7 Å². The number of thiazole rings is 1. The molecule has 0 saturated carbocycles. The number of aliphatic imine (C=N–C) groups is 1. The third kappa shape index (κ3) is 10.3. The molecule has 1 atom stereocenters. The minimum atomic E-state index is 0. The van der Waals surface area contributed by atoms with Crippen molar-refractivity contribution < 1.29 is 9.47 Å². The molecule has 2 heterocycles. The van der Waals surface area contributed by atoms with Crippen LogP contribution in [-0.2, 0) is 28.9 Å². The van der Waals surface area contributed by atoms with Crippen molar-refractivity contribution in [3.8, 4) is 0 Å². The van der Waals surface area contributed by atoms with Crippen LogP contribution in [0.1, 0.15) is 36.0 Å². The van der Waals surface area contributed by atoms with Gasteiger partial charge in [0.2, 0.25) is 0 Å². The maximum atomic E-state index is 5.76. The van der Waals surface area contributed by atoms with Crippen molar-refractivity contribution in [2.45, 2.75) is 39.2 Å². The number of aryl methyl sites for hydroxylation is 2. The second-order valence-corrected chi connectivity index (χ2v) is 8.44. The minimum Gasteiger partial charge on any atom is -0.381 e. The number of halogens is 1. The molecule has 1 aliphatic heterocycles. The molecule has 0 radical (unpaired) electrons. The van der Waals surface area contributed by atoms with Gasteiger partial charge in [0.05, 0.1) is 30.5 Å². The van der Waals surface area contributed by atoms with Crippen LogP contribution in [0.2, 0.25) is 0 Å². The Morgan fingerprint density at radius 2 is 2.13 bits per heavy atom. The number of hydrogen-bond donors (Lipinski definition) is 2. The SMILES string of the molecule is CCNC(=NCc1csc(CCc2ccccc2)n1)NCCCOCC1CCOC1.I. The molecule has 3 rings (SSSR count). The van der Waals surface area contributed by atoms with Gasteiger partial charge in [0, 0.05) is 44.0 Å². The Morgan fingerprint density at radius 3 is 2.90 bits per heavy atom. The summed E-state index contributed by atoms with van der Waals surface area (Å²) in [7, 11) is 0. The summed E-state index contributed by atoms with van der Waals surface area (Å²) >= 11 is 1.72. The molecule has 2 N–H and O–H groups in total. The first-order chi connectivity index (χ1) is 14.8. The standard InChI is InChI=1S/C23H34N4O2S.HI/c1-2-24-23(25-12-6-13-28-16-20-11-14-29-17-20)26-15-21-18-30-22(27-21)10-9-19-7-4-3-5-8-19;/h3-5,7-8,18,20H,2,6,9-17H2,1H3,(H2,24,25,26);1H. The molecule has 1 aromatic heterocycles. The van der Waals surface area contributed by atoms with Gasteiger partial charge in [0.25, 0.3) is 0 Å². The number of benzene rings is 1. The van der Waals surface area contributed by atoms with Gasteiger partial charge in [-0.2, -0.15) is 0 Å². The number of guanidine groups is 1. The molecular weight excluding hydrogens is 523 g/mol. The van der Waals surface area contributed by atoms with Crippen LogP contribution in [0.25, 0.3) is 0 Å². The number of ether oxygens (including phenoxy) is 2. The van der Waals surface area contributed by atoms with E-state index in [1.54, 1.807) is 11.3 Å². The fourth-order valence-electron chi connectivity index (χ4n) is 3.28. The third-order valence-corrected chi connectivity index (χ3v) is 5.91. The van der Waals surface area contributed by atoms with Crippen LogP contribution < -0.4 is 10.6 Å². The monoisotopic (exact) mass is 558 g/mol. The van der Waals surface area contributed by atoms with E-state index in [0.29, 0.717) is 12.5 Å². The van der Waals surface area contributed by atoms with Gasteiger partial charge in [0.15, 0.2) is 5.96 Å². The molecule has 8 heteroatoms. The number of nitrogens with one attached hydrogen (secondary N) is 2. The van der Waals surface area contributed by atoms with Crippen LogP contribution in [-0.4, -0.2) is 50.5 Å². The second kappa shape index (κ2) is 15.6. The molecule has 1 saturated heterocycles. The van der Waals surface area contributed by atoms with E-state index in [2.05, 4.69) is 58.3 Å². The Balaban J connectivity index is 0.00000341. The molecule has 1 unspecified atom stereocenters. The highest BCUT2D eigenvalue weighted by Crippen LogP contribution is 2.14. The van der Waals surface area contributed by atoms with Crippen LogP contribution in [0.5, 0.6) is 0 Å². The van der Waals surface area contributed by atoms with Crippen LogP contribution in [0.3, 0.4) is 0 Å². The van der Waals surface area contributed by atoms with Crippen molar-refractivity contribution >= 4 is 41.3 Å². The molecule has 2 aromatic rings. The Bertz CT molecular complexity index is 751. The fraction of sp³-hybridized carbons (Fsp3) is 0.565. The highest BCUT2D eigenvalue weighted by Gasteiger charge is 2.15. The lowest BCUT2D eigenvalue weighted by molar-refractivity contribution is 0.0888. The summed E-state index contributed by atoms with van der Waals surface area (Å²) in [5.74, 6) is 1.41. The molecule has 1 aliphatic rings. The maximum Gasteiger partial charge on any atom is 0.191 e. The van der Waals surface area contributed by atoms with Crippen molar-refractivity contribution in [2.75, 3.05) is 39.5 Å². The van der Waals surface area contributed by atoms with Gasteiger partial charge in [-0.25, -0.2) is 9.98 Å². The Hall–Kier alpha value is -1.23. The molecule has 0 amide bonds. The highest BCUT2D eigenvalue weighted by molar-refractivity contribution is 14.0. The summed E-state index contributed by atoms with van der Waals surface area (Å²) in [6.07, 6.45) is 4.08. The minimum absolute atomic E-state index is 0. The molecule has 0 spiro atoms. The quantitative estimate of drug-likeness (QED) is 0.178. The largest absolute Gasteiger partial charge is 0.381 e. The predicted octanol–water partition coefficient (Wildman–Crippen LogP) is 4.04. The lowest BCUT2D eigenvalue weighted by atomic mass is 10.1. The lowest BCUT2D eigenvalue weighted by Gasteiger charge is -2.12. The zero-order valence-electron chi connectivity index (χ0n) is 18.3. The van der Waals surface area contributed by atoms with Gasteiger partial charge in [-0.3, -0.25) is 0 Å². The second-order valence-electron chi connectivity index (χ2n) is 7.50. The first kappa shape index (κ1) is 26.0. The molecule has 0 aliphatic carbocycles. The average Bonchev–Trinajstić information content (AvgIpc) is 3.45. The summed E-state index contributed by atoms with van der Waals surface area (Å²) in [5, 5.41) is 9.97. The highest BCUT2D eigenvalue weighted by atomic mass is 127. The van der Waals surface area contributed by atoms with E-state index in [9.17, 15) is 0 Å². The van der Waals surface area contributed by atoms with Crippen molar-refractivity contribution in [3.63, 3.8) is 0 Å². The average molecular weight is 559 g/mol. The molecule has 1 fully saturated rings. The first-order valence-electron chi connectivity index (χ1n) is 11.0. The summed E-state index contributed by atoms with van der Waals surface area (Å²) in [6.45, 7) is 7.65. The van der Waals surface area contributed by atoms with Crippen LogP contribution in [0.15, 0.2) is 40.7 Å². The van der Waals surface area contributed by atoms with Crippen LogP contribution in [0.4, 0.5) is 0 Å². The van der Waals surface area contributed by atoms with E-state index in [4.69, 9.17) is 14.5 Å². The van der Waals surface area contributed by atoms with E-state index in [-0.39, 0.29) is 24.0 Å². The van der Waals surface area contributed by atoms with Crippen molar-refractivity contribution in [2.24, 2.45) is 10.9 Å². The molecule has 1 aromatic carbocycles. The van der Waals surface area contributed by atoms with Crippen molar-refractivity contribution in [3.05, 3.63) is 52.0 Å². The number of nitrogens with zero attached hydrogens (tertiary/aromatic N) is 2. The molecular formula is C23H35IN4O2S. The van der Waals surface area contributed by atoms with Crippen LogP contribution in [0, 0.1) is 5.92 Å². The molecule has 0 bridgehead atoms.